The summed E-state index contributed by atoms with van der Waals surface area (Å²) in [5.41, 5.74) is 1.38. The molecule has 2 rings (SSSR count). The highest BCUT2D eigenvalue weighted by atomic mass is 16.2. The number of hydrogen-bond donors (Lipinski definition) is 0. The van der Waals surface area contributed by atoms with E-state index in [1.54, 1.807) is 11.8 Å². The van der Waals surface area contributed by atoms with Crippen LogP contribution in [-0.2, 0) is 4.79 Å². The highest BCUT2D eigenvalue weighted by Crippen LogP contribution is 2.36. The van der Waals surface area contributed by atoms with Crippen LogP contribution in [0.3, 0.4) is 0 Å². The Hall–Kier alpha value is -1.05. The van der Waals surface area contributed by atoms with Crippen molar-refractivity contribution in [1.82, 2.24) is 4.90 Å². The van der Waals surface area contributed by atoms with E-state index >= 15 is 0 Å². The van der Waals surface area contributed by atoms with Gasteiger partial charge in [-0.15, -0.1) is 0 Å². The minimum absolute atomic E-state index is 0.137. The molecule has 2 unspecified atom stereocenters. The van der Waals surface area contributed by atoms with Crippen molar-refractivity contribution in [3.05, 3.63) is 23.9 Å². The smallest absolute Gasteiger partial charge is 0.223 e. The minimum Gasteiger partial charge on any atom is -0.312 e. The second-order valence-electron chi connectivity index (χ2n) is 3.19. The average molecular weight is 149 g/mol. The molecule has 1 heterocycles. The molecule has 1 aliphatic heterocycles. The van der Waals surface area contributed by atoms with Gasteiger partial charge in [0.25, 0.3) is 0 Å². The first kappa shape index (κ1) is 6.65. The molecule has 0 bridgehead atoms. The number of hydrogen-bond acceptors (Lipinski definition) is 1. The van der Waals surface area contributed by atoms with Gasteiger partial charge >= 0.3 is 0 Å². The van der Waals surface area contributed by atoms with Gasteiger partial charge in [-0.1, -0.05) is 17.7 Å². The second-order valence-corrected chi connectivity index (χ2v) is 3.19. The van der Waals surface area contributed by atoms with E-state index < -0.39 is 0 Å². The molecule has 2 aliphatic rings. The molecule has 1 amide bonds. The average Bonchev–Trinajstić information content (AvgIpc) is 2.25. The summed E-state index contributed by atoms with van der Waals surface area (Å²) in [5.74, 6) is 0.649. The van der Waals surface area contributed by atoms with Crippen LogP contribution in [0.25, 0.3) is 0 Å². The van der Waals surface area contributed by atoms with Gasteiger partial charge in [0.05, 0.1) is 6.04 Å². The summed E-state index contributed by atoms with van der Waals surface area (Å²) in [6, 6.07) is 0.340. The molecule has 2 atom stereocenters. The van der Waals surface area contributed by atoms with E-state index in [0.29, 0.717) is 12.0 Å². The molecule has 1 aliphatic carbocycles. The van der Waals surface area contributed by atoms with Gasteiger partial charge in [-0.05, 0) is 6.92 Å². The normalized spacial score (nSPS) is 32.9. The predicted octanol–water partition coefficient (Wildman–Crippen LogP) is 1.31. The first-order valence-electron chi connectivity index (χ1n) is 3.85. The third kappa shape index (κ3) is 0.754. The van der Waals surface area contributed by atoms with Gasteiger partial charge in [0.1, 0.15) is 0 Å². The van der Waals surface area contributed by atoms with Crippen molar-refractivity contribution in [1.29, 1.82) is 0 Å². The third-order valence-electron chi connectivity index (χ3n) is 2.47. The molecular formula is C9H11NO. The van der Waals surface area contributed by atoms with Gasteiger partial charge in [-0.3, -0.25) is 4.79 Å². The van der Waals surface area contributed by atoms with Gasteiger partial charge in [0.15, 0.2) is 0 Å². The number of amides is 1. The van der Waals surface area contributed by atoms with Gasteiger partial charge in [0.2, 0.25) is 5.91 Å². The molecule has 2 nitrogen and oxygen atoms in total. The number of nitrogens with zero attached hydrogens (tertiary/aromatic N) is 1. The molecule has 0 saturated heterocycles. The SMILES string of the molecule is CC(=O)N1C=CC2C(C)=CC21. The third-order valence-corrected chi connectivity index (χ3v) is 2.47. The zero-order chi connectivity index (χ0) is 8.01. The summed E-state index contributed by atoms with van der Waals surface area (Å²) in [6.07, 6.45) is 6.14. The zero-order valence-electron chi connectivity index (χ0n) is 6.74. The molecule has 0 saturated carbocycles. The molecule has 0 fully saturated rings. The topological polar surface area (TPSA) is 20.3 Å². The van der Waals surface area contributed by atoms with Crippen molar-refractivity contribution in [2.45, 2.75) is 19.9 Å². The molecule has 0 aromatic rings. The van der Waals surface area contributed by atoms with Crippen LogP contribution in [0.15, 0.2) is 23.9 Å². The van der Waals surface area contributed by atoms with Crippen LogP contribution in [0, 0.1) is 5.92 Å². The van der Waals surface area contributed by atoms with E-state index in [9.17, 15) is 4.79 Å². The van der Waals surface area contributed by atoms with Crippen molar-refractivity contribution in [2.75, 3.05) is 0 Å². The summed E-state index contributed by atoms with van der Waals surface area (Å²) >= 11 is 0. The van der Waals surface area contributed by atoms with Crippen LogP contribution < -0.4 is 0 Å². The maximum absolute atomic E-state index is 11.0. The predicted molar refractivity (Wildman–Crippen MR) is 42.7 cm³/mol. The second kappa shape index (κ2) is 1.97. The maximum atomic E-state index is 11.0. The standard InChI is InChI=1S/C9H11NO/c1-6-5-9-8(6)3-4-10(9)7(2)11/h3-5,8-9H,1-2H3. The first-order valence-corrected chi connectivity index (χ1v) is 3.85. The van der Waals surface area contributed by atoms with E-state index in [1.807, 2.05) is 6.20 Å². The lowest BCUT2D eigenvalue weighted by atomic mass is 9.82. The molecule has 0 radical (unpaired) electrons. The molecular weight excluding hydrogens is 138 g/mol. The van der Waals surface area contributed by atoms with Crippen molar-refractivity contribution < 1.29 is 4.79 Å². The molecule has 0 spiro atoms. The molecule has 11 heavy (non-hydrogen) atoms. The summed E-state index contributed by atoms with van der Waals surface area (Å²) in [6.45, 7) is 3.71. The fourth-order valence-corrected chi connectivity index (χ4v) is 1.75. The highest BCUT2D eigenvalue weighted by molar-refractivity contribution is 5.76. The number of carbonyl (C=O) groups excluding carboxylic acids is 1. The van der Waals surface area contributed by atoms with E-state index in [4.69, 9.17) is 0 Å². The summed E-state index contributed by atoms with van der Waals surface area (Å²) < 4.78 is 0. The van der Waals surface area contributed by atoms with Crippen molar-refractivity contribution in [3.8, 4) is 0 Å². The van der Waals surface area contributed by atoms with Crippen LogP contribution in [0.4, 0.5) is 0 Å². The first-order chi connectivity index (χ1) is 5.20. The van der Waals surface area contributed by atoms with Crippen molar-refractivity contribution in [2.24, 2.45) is 5.92 Å². The summed E-state index contributed by atoms with van der Waals surface area (Å²) in [7, 11) is 0. The van der Waals surface area contributed by atoms with E-state index in [1.165, 1.54) is 5.57 Å². The lowest BCUT2D eigenvalue weighted by Crippen LogP contribution is -2.39. The van der Waals surface area contributed by atoms with E-state index in [-0.39, 0.29) is 5.91 Å². The Bertz CT molecular complexity index is 265. The van der Waals surface area contributed by atoms with E-state index in [2.05, 4.69) is 19.1 Å². The lowest BCUT2D eigenvalue weighted by Gasteiger charge is -2.33. The van der Waals surface area contributed by atoms with Crippen molar-refractivity contribution in [3.63, 3.8) is 0 Å². The molecule has 0 aromatic carbocycles. The largest absolute Gasteiger partial charge is 0.312 e. The van der Waals surface area contributed by atoms with Gasteiger partial charge < -0.3 is 4.90 Å². The van der Waals surface area contributed by atoms with Gasteiger partial charge in [-0.25, -0.2) is 0 Å². The maximum Gasteiger partial charge on any atom is 0.223 e. The molecule has 58 valence electrons. The molecule has 0 N–H and O–H groups in total. The Morgan fingerprint density at radius 2 is 2.36 bits per heavy atom. The Morgan fingerprint density at radius 1 is 1.64 bits per heavy atom. The number of fused-ring (bicyclic) bond motifs is 1. The Morgan fingerprint density at radius 3 is 2.82 bits per heavy atom. The van der Waals surface area contributed by atoms with Crippen LogP contribution >= 0.6 is 0 Å². The Labute approximate surface area is 66.2 Å². The van der Waals surface area contributed by atoms with Gasteiger partial charge in [-0.2, -0.15) is 0 Å². The fourth-order valence-electron chi connectivity index (χ4n) is 1.75. The van der Waals surface area contributed by atoms with Crippen molar-refractivity contribution >= 4 is 5.91 Å². The molecule has 2 heteroatoms. The Balaban J connectivity index is 2.21. The highest BCUT2D eigenvalue weighted by Gasteiger charge is 2.36. The fraction of sp³-hybridized carbons (Fsp3) is 0.444. The number of carbonyl (C=O) groups is 1. The van der Waals surface area contributed by atoms with Crippen LogP contribution in [0.5, 0.6) is 0 Å². The van der Waals surface area contributed by atoms with Crippen LogP contribution in [0.2, 0.25) is 0 Å². The molecule has 0 aromatic heterocycles. The quantitative estimate of drug-likeness (QED) is 0.475. The monoisotopic (exact) mass is 149 g/mol. The Kier molecular flexibility index (Phi) is 1.19. The van der Waals surface area contributed by atoms with Crippen LogP contribution in [0.1, 0.15) is 13.8 Å². The summed E-state index contributed by atoms with van der Waals surface area (Å²) in [4.78, 5) is 12.8. The number of rotatable bonds is 0. The zero-order valence-corrected chi connectivity index (χ0v) is 6.74. The minimum atomic E-state index is 0.137. The van der Waals surface area contributed by atoms with E-state index in [0.717, 1.165) is 0 Å². The van der Waals surface area contributed by atoms with Gasteiger partial charge in [0, 0.05) is 19.0 Å². The lowest BCUT2D eigenvalue weighted by molar-refractivity contribution is -0.127. The van der Waals surface area contributed by atoms with Crippen LogP contribution in [-0.4, -0.2) is 16.8 Å². The summed E-state index contributed by atoms with van der Waals surface area (Å²) in [5, 5.41) is 0.